The van der Waals surface area contributed by atoms with Gasteiger partial charge >= 0.3 is 11.7 Å². The van der Waals surface area contributed by atoms with Gasteiger partial charge in [-0.05, 0) is 18.4 Å². The molecule has 0 saturated carbocycles. The van der Waals surface area contributed by atoms with E-state index in [4.69, 9.17) is 5.11 Å². The standard InChI is InChI=1S/C9H12N2O3.H2O/c1-5(2)3-6-4-7(8(12)13)11-9(14)10-6;/h4-5H,3H2,1-2H3,(H,12,13)(H,10,11,14);1H2. The van der Waals surface area contributed by atoms with Gasteiger partial charge in [-0.15, -0.1) is 0 Å². The van der Waals surface area contributed by atoms with E-state index in [-0.39, 0.29) is 11.2 Å². The molecule has 0 spiro atoms. The van der Waals surface area contributed by atoms with Gasteiger partial charge in [-0.3, -0.25) is 0 Å². The van der Waals surface area contributed by atoms with Crippen LogP contribution in [0.25, 0.3) is 0 Å². The SMILES string of the molecule is CC(C)Cc1cc(C(=O)O)nc(=O)[nH]1.O. The van der Waals surface area contributed by atoms with Gasteiger partial charge in [-0.2, -0.15) is 4.98 Å². The molecule has 0 saturated heterocycles. The van der Waals surface area contributed by atoms with Crippen LogP contribution in [0.5, 0.6) is 0 Å². The van der Waals surface area contributed by atoms with Gasteiger partial charge in [0.05, 0.1) is 0 Å². The first-order valence-corrected chi connectivity index (χ1v) is 4.32. The summed E-state index contributed by atoms with van der Waals surface area (Å²) in [5.41, 5.74) is -0.206. The van der Waals surface area contributed by atoms with Crippen LogP contribution in [0.1, 0.15) is 30.0 Å². The van der Waals surface area contributed by atoms with Gasteiger partial charge in [-0.1, -0.05) is 13.8 Å². The van der Waals surface area contributed by atoms with E-state index in [2.05, 4.69) is 9.97 Å². The first-order chi connectivity index (χ1) is 6.49. The number of carboxylic acids is 1. The van der Waals surface area contributed by atoms with Gasteiger partial charge in [0.1, 0.15) is 0 Å². The third-order valence-electron chi connectivity index (χ3n) is 1.65. The quantitative estimate of drug-likeness (QED) is 0.727. The van der Waals surface area contributed by atoms with Gasteiger partial charge in [0, 0.05) is 5.69 Å². The maximum absolute atomic E-state index is 11.0. The molecule has 0 aromatic carbocycles. The topological polar surface area (TPSA) is 115 Å². The van der Waals surface area contributed by atoms with Crippen LogP contribution in [0, 0.1) is 5.92 Å². The molecule has 1 aromatic heterocycles. The third-order valence-corrected chi connectivity index (χ3v) is 1.65. The molecule has 0 aliphatic rings. The second kappa shape index (κ2) is 5.26. The number of nitrogens with one attached hydrogen (secondary N) is 1. The molecule has 1 aromatic rings. The lowest BCUT2D eigenvalue weighted by Crippen LogP contribution is -2.18. The summed E-state index contributed by atoms with van der Waals surface area (Å²) in [6.07, 6.45) is 0.637. The lowest BCUT2D eigenvalue weighted by Gasteiger charge is -2.04. The Morgan fingerprint density at radius 1 is 1.60 bits per heavy atom. The van der Waals surface area contributed by atoms with E-state index in [0.29, 0.717) is 18.0 Å². The monoisotopic (exact) mass is 214 g/mol. The second-order valence-corrected chi connectivity index (χ2v) is 3.50. The Morgan fingerprint density at radius 3 is 2.67 bits per heavy atom. The highest BCUT2D eigenvalue weighted by molar-refractivity contribution is 5.85. The average Bonchev–Trinajstić information content (AvgIpc) is 2.01. The summed E-state index contributed by atoms with van der Waals surface area (Å²) >= 11 is 0. The Hall–Kier alpha value is -1.69. The minimum absolute atomic E-state index is 0. The highest BCUT2D eigenvalue weighted by Crippen LogP contribution is 2.04. The van der Waals surface area contributed by atoms with Crippen molar-refractivity contribution in [2.24, 2.45) is 5.92 Å². The van der Waals surface area contributed by atoms with Crippen LogP contribution in [0.3, 0.4) is 0 Å². The van der Waals surface area contributed by atoms with Gasteiger partial charge in [0.15, 0.2) is 5.69 Å². The minimum Gasteiger partial charge on any atom is -0.477 e. The lowest BCUT2D eigenvalue weighted by atomic mass is 10.1. The van der Waals surface area contributed by atoms with Crippen molar-refractivity contribution in [1.29, 1.82) is 0 Å². The number of aromatic nitrogens is 2. The summed E-state index contributed by atoms with van der Waals surface area (Å²) in [5.74, 6) is -0.823. The zero-order chi connectivity index (χ0) is 10.7. The summed E-state index contributed by atoms with van der Waals surface area (Å²) in [5, 5.41) is 8.65. The number of carbonyl (C=O) groups is 1. The zero-order valence-corrected chi connectivity index (χ0v) is 8.57. The van der Waals surface area contributed by atoms with Crippen LogP contribution in [0.15, 0.2) is 10.9 Å². The van der Waals surface area contributed by atoms with Crippen LogP contribution in [-0.2, 0) is 6.42 Å². The van der Waals surface area contributed by atoms with Crippen LogP contribution < -0.4 is 5.69 Å². The van der Waals surface area contributed by atoms with Crippen LogP contribution in [-0.4, -0.2) is 26.5 Å². The fourth-order valence-electron chi connectivity index (χ4n) is 1.17. The summed E-state index contributed by atoms with van der Waals surface area (Å²) < 4.78 is 0. The molecule has 6 nitrogen and oxygen atoms in total. The van der Waals surface area contributed by atoms with Gasteiger partial charge in [0.25, 0.3) is 0 Å². The summed E-state index contributed by atoms with van der Waals surface area (Å²) in [4.78, 5) is 27.4. The van der Waals surface area contributed by atoms with Gasteiger partial charge < -0.3 is 15.6 Å². The van der Waals surface area contributed by atoms with Crippen LogP contribution in [0.4, 0.5) is 0 Å². The molecule has 0 unspecified atom stereocenters. The molecule has 0 aliphatic heterocycles. The molecular formula is C9H14N2O4. The number of hydrogen-bond acceptors (Lipinski definition) is 3. The van der Waals surface area contributed by atoms with E-state index in [9.17, 15) is 9.59 Å². The van der Waals surface area contributed by atoms with Crippen molar-refractivity contribution in [1.82, 2.24) is 9.97 Å². The van der Waals surface area contributed by atoms with E-state index >= 15 is 0 Å². The number of aromatic carboxylic acids is 1. The Labute approximate surface area is 86.3 Å². The van der Waals surface area contributed by atoms with Crippen LogP contribution in [0.2, 0.25) is 0 Å². The molecule has 1 rings (SSSR count). The van der Waals surface area contributed by atoms with Crippen molar-refractivity contribution in [2.75, 3.05) is 0 Å². The summed E-state index contributed by atoms with van der Waals surface area (Å²) in [6, 6.07) is 1.39. The number of nitrogens with zero attached hydrogens (tertiary/aromatic N) is 1. The number of carboxylic acid groups (broad SMARTS) is 1. The molecule has 6 heteroatoms. The molecule has 0 atom stereocenters. The predicted octanol–water partition coefficient (Wildman–Crippen LogP) is -0.158. The van der Waals surface area contributed by atoms with Crippen molar-refractivity contribution in [3.8, 4) is 0 Å². The van der Waals surface area contributed by atoms with Crippen molar-refractivity contribution >= 4 is 5.97 Å². The lowest BCUT2D eigenvalue weighted by molar-refractivity contribution is 0.0689. The number of aromatic amines is 1. The average molecular weight is 214 g/mol. The normalized spacial score (nSPS) is 9.80. The molecular weight excluding hydrogens is 200 g/mol. The zero-order valence-electron chi connectivity index (χ0n) is 8.57. The number of rotatable bonds is 3. The third kappa shape index (κ3) is 3.90. The van der Waals surface area contributed by atoms with Gasteiger partial charge in [-0.25, -0.2) is 9.59 Å². The van der Waals surface area contributed by atoms with E-state index in [0.717, 1.165) is 0 Å². The molecule has 1 heterocycles. The second-order valence-electron chi connectivity index (χ2n) is 3.50. The van der Waals surface area contributed by atoms with Gasteiger partial charge in [0.2, 0.25) is 0 Å². The maximum atomic E-state index is 11.0. The van der Waals surface area contributed by atoms with E-state index in [1.807, 2.05) is 13.8 Å². The Balaban J connectivity index is 0.00000196. The Bertz CT molecular complexity index is 397. The Morgan fingerprint density at radius 2 is 2.20 bits per heavy atom. The maximum Gasteiger partial charge on any atom is 0.354 e. The first kappa shape index (κ1) is 13.3. The fourth-order valence-corrected chi connectivity index (χ4v) is 1.17. The van der Waals surface area contributed by atoms with Crippen molar-refractivity contribution in [3.63, 3.8) is 0 Å². The molecule has 0 radical (unpaired) electrons. The highest BCUT2D eigenvalue weighted by Gasteiger charge is 2.08. The Kier molecular flexibility index (Phi) is 4.66. The smallest absolute Gasteiger partial charge is 0.354 e. The molecule has 4 N–H and O–H groups in total. The number of H-pyrrole nitrogens is 1. The predicted molar refractivity (Wildman–Crippen MR) is 54.0 cm³/mol. The molecule has 0 amide bonds. The number of hydrogen-bond donors (Lipinski definition) is 2. The summed E-state index contributed by atoms with van der Waals surface area (Å²) in [6.45, 7) is 3.97. The van der Waals surface area contributed by atoms with Crippen LogP contribution >= 0.6 is 0 Å². The van der Waals surface area contributed by atoms with E-state index in [1.165, 1.54) is 6.07 Å². The summed E-state index contributed by atoms with van der Waals surface area (Å²) in [7, 11) is 0. The fraction of sp³-hybridized carbons (Fsp3) is 0.444. The molecule has 0 bridgehead atoms. The first-order valence-electron chi connectivity index (χ1n) is 4.32. The highest BCUT2D eigenvalue weighted by atomic mass is 16.4. The largest absolute Gasteiger partial charge is 0.477 e. The molecule has 15 heavy (non-hydrogen) atoms. The minimum atomic E-state index is -1.18. The molecule has 0 fully saturated rings. The van der Waals surface area contributed by atoms with Crippen molar-refractivity contribution < 1.29 is 15.4 Å². The molecule has 0 aliphatic carbocycles. The van der Waals surface area contributed by atoms with Crippen molar-refractivity contribution in [2.45, 2.75) is 20.3 Å². The van der Waals surface area contributed by atoms with E-state index in [1.54, 1.807) is 0 Å². The van der Waals surface area contributed by atoms with Crippen molar-refractivity contribution in [3.05, 3.63) is 27.9 Å². The van der Waals surface area contributed by atoms with E-state index < -0.39 is 11.7 Å². The molecule has 84 valence electrons.